The standard InChI is InChI=1S/C18H21N3O3S/c1-13-17(14(2)21(20-13)16-6-4-3-5-7-16)8-9-18(22)19-15-10-11-25(23,24)12-15/h3-9,15H,10-12H2,1-2H3,(H,19,22)/b9-8+/t15-/m0/s1. The molecule has 7 heteroatoms. The van der Waals surface area contributed by atoms with E-state index in [2.05, 4.69) is 10.4 Å². The number of aryl methyl sites for hydroxylation is 1. The van der Waals surface area contributed by atoms with E-state index < -0.39 is 9.84 Å². The molecule has 1 amide bonds. The van der Waals surface area contributed by atoms with Gasteiger partial charge in [-0.3, -0.25) is 4.79 Å². The third kappa shape index (κ3) is 3.99. The zero-order valence-corrected chi connectivity index (χ0v) is 15.1. The molecule has 0 radical (unpaired) electrons. The fourth-order valence-electron chi connectivity index (χ4n) is 3.03. The van der Waals surface area contributed by atoms with Crippen LogP contribution in [-0.2, 0) is 14.6 Å². The lowest BCUT2D eigenvalue weighted by molar-refractivity contribution is -0.116. The van der Waals surface area contributed by atoms with Gasteiger partial charge in [-0.05, 0) is 38.5 Å². The number of hydrogen-bond acceptors (Lipinski definition) is 4. The summed E-state index contributed by atoms with van der Waals surface area (Å²) in [6.45, 7) is 3.85. The van der Waals surface area contributed by atoms with Crippen molar-refractivity contribution in [1.82, 2.24) is 15.1 Å². The number of benzene rings is 1. The molecule has 0 aliphatic carbocycles. The highest BCUT2D eigenvalue weighted by atomic mass is 32.2. The van der Waals surface area contributed by atoms with E-state index in [0.717, 1.165) is 22.6 Å². The van der Waals surface area contributed by atoms with Crippen LogP contribution in [0.4, 0.5) is 0 Å². The summed E-state index contributed by atoms with van der Waals surface area (Å²) in [6, 6.07) is 9.50. The summed E-state index contributed by atoms with van der Waals surface area (Å²) in [7, 11) is -3.00. The Morgan fingerprint density at radius 3 is 2.64 bits per heavy atom. The molecule has 2 heterocycles. The number of hydrogen-bond donors (Lipinski definition) is 1. The number of aromatic nitrogens is 2. The van der Waals surface area contributed by atoms with Gasteiger partial charge >= 0.3 is 0 Å². The molecule has 1 N–H and O–H groups in total. The van der Waals surface area contributed by atoms with Crippen molar-refractivity contribution in [3.8, 4) is 5.69 Å². The van der Waals surface area contributed by atoms with Crippen molar-refractivity contribution in [3.63, 3.8) is 0 Å². The topological polar surface area (TPSA) is 81.1 Å². The summed E-state index contributed by atoms with van der Waals surface area (Å²) >= 11 is 0. The molecule has 1 aliphatic heterocycles. The van der Waals surface area contributed by atoms with Gasteiger partial charge in [0, 0.05) is 23.4 Å². The molecule has 2 aromatic rings. The number of amides is 1. The number of carbonyl (C=O) groups excluding carboxylic acids is 1. The van der Waals surface area contributed by atoms with Crippen LogP contribution in [0.1, 0.15) is 23.4 Å². The van der Waals surface area contributed by atoms with Crippen LogP contribution in [0.15, 0.2) is 36.4 Å². The first-order chi connectivity index (χ1) is 11.9. The lowest BCUT2D eigenvalue weighted by Gasteiger charge is -2.08. The van der Waals surface area contributed by atoms with Crippen molar-refractivity contribution in [2.75, 3.05) is 11.5 Å². The average Bonchev–Trinajstić information content (AvgIpc) is 3.05. The number of rotatable bonds is 4. The van der Waals surface area contributed by atoms with Crippen LogP contribution in [0.5, 0.6) is 0 Å². The molecule has 0 bridgehead atoms. The van der Waals surface area contributed by atoms with Gasteiger partial charge in [0.1, 0.15) is 0 Å². The molecule has 1 aromatic carbocycles. The third-order valence-corrected chi connectivity index (χ3v) is 6.10. The Kier molecular flexibility index (Phi) is 4.76. The molecular formula is C18H21N3O3S. The number of carbonyl (C=O) groups is 1. The summed E-state index contributed by atoms with van der Waals surface area (Å²) in [4.78, 5) is 12.1. The molecule has 132 valence electrons. The number of para-hydroxylation sites is 1. The first kappa shape index (κ1) is 17.4. The summed E-state index contributed by atoms with van der Waals surface area (Å²) in [5, 5.41) is 7.29. The maximum absolute atomic E-state index is 12.1. The fourth-order valence-corrected chi connectivity index (χ4v) is 4.71. The van der Waals surface area contributed by atoms with Crippen molar-refractivity contribution < 1.29 is 13.2 Å². The number of sulfone groups is 1. The van der Waals surface area contributed by atoms with E-state index in [9.17, 15) is 13.2 Å². The highest BCUT2D eigenvalue weighted by Crippen LogP contribution is 2.19. The van der Waals surface area contributed by atoms with Crippen molar-refractivity contribution in [2.45, 2.75) is 26.3 Å². The zero-order valence-electron chi connectivity index (χ0n) is 14.3. The Bertz CT molecular complexity index is 915. The van der Waals surface area contributed by atoms with E-state index in [4.69, 9.17) is 0 Å². The SMILES string of the molecule is Cc1nn(-c2ccccc2)c(C)c1/C=C/C(=O)N[C@H]1CCS(=O)(=O)C1. The van der Waals surface area contributed by atoms with Crippen molar-refractivity contribution >= 4 is 21.8 Å². The van der Waals surface area contributed by atoms with Gasteiger partial charge < -0.3 is 5.32 Å². The predicted molar refractivity (Wildman–Crippen MR) is 97.3 cm³/mol. The minimum Gasteiger partial charge on any atom is -0.349 e. The highest BCUT2D eigenvalue weighted by molar-refractivity contribution is 7.91. The Balaban J connectivity index is 1.73. The third-order valence-electron chi connectivity index (χ3n) is 4.33. The molecule has 1 aliphatic rings. The Morgan fingerprint density at radius 1 is 1.28 bits per heavy atom. The van der Waals surface area contributed by atoms with Gasteiger partial charge in [-0.1, -0.05) is 18.2 Å². The van der Waals surface area contributed by atoms with Gasteiger partial charge in [0.05, 0.1) is 22.9 Å². The smallest absolute Gasteiger partial charge is 0.244 e. The van der Waals surface area contributed by atoms with Crippen LogP contribution in [0.2, 0.25) is 0 Å². The minimum absolute atomic E-state index is 0.0244. The van der Waals surface area contributed by atoms with Gasteiger partial charge in [0.15, 0.2) is 9.84 Å². The largest absolute Gasteiger partial charge is 0.349 e. The Morgan fingerprint density at radius 2 is 2.00 bits per heavy atom. The second kappa shape index (κ2) is 6.84. The van der Waals surface area contributed by atoms with Gasteiger partial charge in [-0.25, -0.2) is 13.1 Å². The molecule has 6 nitrogen and oxygen atoms in total. The second-order valence-electron chi connectivity index (χ2n) is 6.27. The average molecular weight is 359 g/mol. The van der Waals surface area contributed by atoms with E-state index in [1.807, 2.05) is 48.9 Å². The quantitative estimate of drug-likeness (QED) is 0.844. The normalized spacial score (nSPS) is 19.4. The molecule has 3 rings (SSSR count). The van der Waals surface area contributed by atoms with Gasteiger partial charge in [0.2, 0.25) is 5.91 Å². The number of nitrogens with zero attached hydrogens (tertiary/aromatic N) is 2. The van der Waals surface area contributed by atoms with Crippen LogP contribution >= 0.6 is 0 Å². The van der Waals surface area contributed by atoms with Crippen LogP contribution in [0.25, 0.3) is 11.8 Å². The molecule has 0 saturated carbocycles. The molecule has 0 spiro atoms. The van der Waals surface area contributed by atoms with E-state index in [1.54, 1.807) is 6.08 Å². The maximum Gasteiger partial charge on any atom is 0.244 e. The Labute approximate surface area is 147 Å². The number of nitrogens with one attached hydrogen (secondary N) is 1. The molecule has 1 fully saturated rings. The van der Waals surface area contributed by atoms with E-state index in [1.165, 1.54) is 6.08 Å². The highest BCUT2D eigenvalue weighted by Gasteiger charge is 2.28. The predicted octanol–water partition coefficient (Wildman–Crippen LogP) is 1.81. The molecule has 1 aromatic heterocycles. The van der Waals surface area contributed by atoms with Crippen LogP contribution in [-0.4, -0.2) is 41.7 Å². The van der Waals surface area contributed by atoms with E-state index in [0.29, 0.717) is 6.42 Å². The summed E-state index contributed by atoms with van der Waals surface area (Å²) < 4.78 is 24.7. The monoisotopic (exact) mass is 359 g/mol. The first-order valence-electron chi connectivity index (χ1n) is 8.16. The molecule has 25 heavy (non-hydrogen) atoms. The summed E-state index contributed by atoms with van der Waals surface area (Å²) in [5.74, 6) is -0.117. The summed E-state index contributed by atoms with van der Waals surface area (Å²) in [6.07, 6.45) is 3.65. The van der Waals surface area contributed by atoms with Crippen LogP contribution in [0, 0.1) is 13.8 Å². The molecule has 1 atom stereocenters. The minimum atomic E-state index is -3.00. The van der Waals surface area contributed by atoms with Gasteiger partial charge in [-0.2, -0.15) is 5.10 Å². The Hall–Kier alpha value is -2.41. The molecule has 0 unspecified atom stereocenters. The van der Waals surface area contributed by atoms with Crippen LogP contribution in [0.3, 0.4) is 0 Å². The van der Waals surface area contributed by atoms with E-state index in [-0.39, 0.29) is 23.5 Å². The molecular weight excluding hydrogens is 338 g/mol. The summed E-state index contributed by atoms with van der Waals surface area (Å²) in [5.41, 5.74) is 3.62. The van der Waals surface area contributed by atoms with Crippen molar-refractivity contribution in [1.29, 1.82) is 0 Å². The second-order valence-corrected chi connectivity index (χ2v) is 8.50. The molecule has 1 saturated heterocycles. The van der Waals surface area contributed by atoms with Crippen LogP contribution < -0.4 is 5.32 Å². The van der Waals surface area contributed by atoms with Crippen molar-refractivity contribution in [3.05, 3.63) is 53.4 Å². The van der Waals surface area contributed by atoms with Gasteiger partial charge in [-0.15, -0.1) is 0 Å². The lowest BCUT2D eigenvalue weighted by Crippen LogP contribution is -2.34. The first-order valence-corrected chi connectivity index (χ1v) is 9.98. The van der Waals surface area contributed by atoms with Crippen molar-refractivity contribution in [2.24, 2.45) is 0 Å². The fraction of sp³-hybridized carbons (Fsp3) is 0.333. The van der Waals surface area contributed by atoms with Gasteiger partial charge in [0.25, 0.3) is 0 Å². The maximum atomic E-state index is 12.1. The lowest BCUT2D eigenvalue weighted by atomic mass is 10.1. The van der Waals surface area contributed by atoms with E-state index >= 15 is 0 Å². The zero-order chi connectivity index (χ0) is 18.0.